The highest BCUT2D eigenvalue weighted by molar-refractivity contribution is 7.92. The van der Waals surface area contributed by atoms with Gasteiger partial charge < -0.3 is 10.1 Å². The van der Waals surface area contributed by atoms with Crippen LogP contribution >= 0.6 is 0 Å². The quantitative estimate of drug-likeness (QED) is 0.190. The predicted molar refractivity (Wildman–Crippen MR) is 158 cm³/mol. The standard InChI is InChI=1S/C30H30F8N4O4S/c1-47(44,45)41-23-8-12-25(13-9-23)46-24-10-2-19(3-11-24)18-42-16-14-22(15-17-42)39-26(28(32,33)29(34,35)30(36,37)38)27(43)40-21-6-4-20(31)5-7-21/h2-13,22,26,39,41H,14-18H2,1H3,(H,40,43). The van der Waals surface area contributed by atoms with Crippen LogP contribution in [0.1, 0.15) is 18.4 Å². The monoisotopic (exact) mass is 694 g/mol. The van der Waals surface area contributed by atoms with Crippen LogP contribution in [0.3, 0.4) is 0 Å². The first-order valence-electron chi connectivity index (χ1n) is 14.1. The first-order chi connectivity index (χ1) is 21.8. The third kappa shape index (κ3) is 9.32. The first kappa shape index (κ1) is 35.9. The van der Waals surface area contributed by atoms with Gasteiger partial charge in [-0.25, -0.2) is 12.8 Å². The van der Waals surface area contributed by atoms with Crippen LogP contribution in [0.4, 0.5) is 46.5 Å². The number of benzene rings is 3. The fraction of sp³-hybridized carbons (Fsp3) is 0.367. The number of nitrogens with zero attached hydrogens (tertiary/aromatic N) is 1. The van der Waals surface area contributed by atoms with E-state index in [1.165, 1.54) is 12.1 Å². The minimum absolute atomic E-state index is 0.0549. The molecule has 1 unspecified atom stereocenters. The molecule has 0 radical (unpaired) electrons. The third-order valence-electron chi connectivity index (χ3n) is 7.22. The number of alkyl halides is 7. The van der Waals surface area contributed by atoms with Gasteiger partial charge in [0.15, 0.2) is 6.04 Å². The van der Waals surface area contributed by atoms with E-state index in [1.54, 1.807) is 36.4 Å². The number of nitrogens with one attached hydrogen (secondary N) is 3. The number of anilines is 2. The summed E-state index contributed by atoms with van der Waals surface area (Å²) in [5.41, 5.74) is 0.927. The highest BCUT2D eigenvalue weighted by Crippen LogP contribution is 2.48. The van der Waals surface area contributed by atoms with Crippen molar-refractivity contribution < 1.29 is 53.1 Å². The maximum atomic E-state index is 14.8. The van der Waals surface area contributed by atoms with Crippen LogP contribution in [-0.2, 0) is 21.4 Å². The van der Waals surface area contributed by atoms with Crippen molar-refractivity contribution in [2.24, 2.45) is 0 Å². The second-order valence-corrected chi connectivity index (χ2v) is 12.7. The van der Waals surface area contributed by atoms with Crippen molar-refractivity contribution in [1.29, 1.82) is 0 Å². The molecule has 0 aliphatic carbocycles. The van der Waals surface area contributed by atoms with Crippen LogP contribution < -0.4 is 20.1 Å². The van der Waals surface area contributed by atoms with E-state index < -0.39 is 51.9 Å². The lowest BCUT2D eigenvalue weighted by atomic mass is 9.97. The van der Waals surface area contributed by atoms with Gasteiger partial charge in [-0.2, -0.15) is 30.7 Å². The molecule has 4 rings (SSSR count). The second kappa shape index (κ2) is 14.0. The number of ether oxygens (including phenoxy) is 1. The van der Waals surface area contributed by atoms with Gasteiger partial charge in [0.1, 0.15) is 17.3 Å². The van der Waals surface area contributed by atoms with E-state index in [9.17, 15) is 48.3 Å². The molecule has 3 N–H and O–H groups in total. The van der Waals surface area contributed by atoms with Gasteiger partial charge in [0.2, 0.25) is 15.9 Å². The number of amides is 1. The molecule has 256 valence electrons. The molecule has 3 aromatic carbocycles. The normalized spacial score (nSPS) is 16.0. The van der Waals surface area contributed by atoms with Gasteiger partial charge in [-0.05, 0) is 92.2 Å². The van der Waals surface area contributed by atoms with Gasteiger partial charge in [0.05, 0.1) is 6.26 Å². The zero-order valence-electron chi connectivity index (χ0n) is 24.6. The Hall–Kier alpha value is -3.96. The van der Waals surface area contributed by atoms with E-state index in [4.69, 9.17) is 4.74 Å². The number of rotatable bonds is 12. The zero-order chi connectivity index (χ0) is 34.6. The molecule has 0 spiro atoms. The predicted octanol–water partition coefficient (Wildman–Crippen LogP) is 6.38. The lowest BCUT2D eigenvalue weighted by Crippen LogP contribution is -2.66. The highest BCUT2D eigenvalue weighted by atomic mass is 32.2. The van der Waals surface area contributed by atoms with Crippen LogP contribution in [0.15, 0.2) is 72.8 Å². The van der Waals surface area contributed by atoms with Crippen molar-refractivity contribution in [2.75, 3.05) is 29.4 Å². The Labute approximate surface area is 265 Å². The molecule has 47 heavy (non-hydrogen) atoms. The Morgan fingerprint density at radius 3 is 1.87 bits per heavy atom. The molecule has 1 aliphatic rings. The summed E-state index contributed by atoms with van der Waals surface area (Å²) >= 11 is 0. The largest absolute Gasteiger partial charge is 0.459 e. The van der Waals surface area contributed by atoms with Crippen molar-refractivity contribution >= 4 is 27.3 Å². The Morgan fingerprint density at radius 1 is 0.851 bits per heavy atom. The third-order valence-corrected chi connectivity index (χ3v) is 7.83. The van der Waals surface area contributed by atoms with Gasteiger partial charge in [-0.15, -0.1) is 0 Å². The van der Waals surface area contributed by atoms with Crippen molar-refractivity contribution in [2.45, 2.75) is 49.5 Å². The summed E-state index contributed by atoms with van der Waals surface area (Å²) < 4.78 is 141. The Bertz CT molecular complexity index is 1610. The molecular weight excluding hydrogens is 664 g/mol. The van der Waals surface area contributed by atoms with Crippen LogP contribution in [0.25, 0.3) is 0 Å². The van der Waals surface area contributed by atoms with Crippen LogP contribution in [0, 0.1) is 5.82 Å². The van der Waals surface area contributed by atoms with Crippen molar-refractivity contribution in [3.63, 3.8) is 0 Å². The summed E-state index contributed by atoms with van der Waals surface area (Å²) in [7, 11) is -3.43. The number of halogens is 8. The maximum Gasteiger partial charge on any atom is 0.459 e. The number of hydrogen-bond donors (Lipinski definition) is 3. The molecule has 3 aromatic rings. The van der Waals surface area contributed by atoms with Crippen LogP contribution in [0.5, 0.6) is 11.5 Å². The molecule has 1 saturated heterocycles. The lowest BCUT2D eigenvalue weighted by molar-refractivity contribution is -0.358. The molecule has 17 heteroatoms. The van der Waals surface area contributed by atoms with E-state index in [1.807, 2.05) is 15.5 Å². The van der Waals surface area contributed by atoms with E-state index in [0.717, 1.165) is 36.1 Å². The summed E-state index contributed by atoms with van der Waals surface area (Å²) in [6.45, 7) is 0.893. The van der Waals surface area contributed by atoms with E-state index >= 15 is 0 Å². The molecule has 0 saturated carbocycles. The molecule has 0 bridgehead atoms. The molecular formula is C30H30F8N4O4S. The van der Waals surface area contributed by atoms with E-state index in [-0.39, 0.29) is 31.6 Å². The number of sulfonamides is 1. The summed E-state index contributed by atoms with van der Waals surface area (Å²) in [4.78, 5) is 14.6. The second-order valence-electron chi connectivity index (χ2n) is 11.0. The SMILES string of the molecule is CS(=O)(=O)Nc1ccc(Oc2ccc(CN3CCC(NC(C(=O)Nc4ccc(F)cc4)C(F)(F)C(F)(F)C(F)(F)F)CC3)cc2)cc1. The molecule has 1 aliphatic heterocycles. The van der Waals surface area contributed by atoms with Gasteiger partial charge in [-0.1, -0.05) is 12.1 Å². The fourth-order valence-electron chi connectivity index (χ4n) is 4.82. The summed E-state index contributed by atoms with van der Waals surface area (Å²) in [5.74, 6) is -14.1. The molecule has 1 fully saturated rings. The Kier molecular flexibility index (Phi) is 10.7. The first-order valence-corrected chi connectivity index (χ1v) is 15.9. The van der Waals surface area contributed by atoms with Crippen molar-refractivity contribution in [3.05, 3.63) is 84.2 Å². The Balaban J connectivity index is 1.36. The van der Waals surface area contributed by atoms with Gasteiger partial charge >= 0.3 is 18.0 Å². The average molecular weight is 695 g/mol. The van der Waals surface area contributed by atoms with E-state index in [2.05, 4.69) is 4.72 Å². The molecule has 8 nitrogen and oxygen atoms in total. The molecule has 1 atom stereocenters. The molecule has 0 aromatic heterocycles. The van der Waals surface area contributed by atoms with Gasteiger partial charge in [0.25, 0.3) is 0 Å². The number of likely N-dealkylation sites (tertiary alicyclic amines) is 1. The number of piperidine rings is 1. The van der Waals surface area contributed by atoms with Gasteiger partial charge in [-0.3, -0.25) is 19.7 Å². The smallest absolute Gasteiger partial charge is 0.457 e. The van der Waals surface area contributed by atoms with Crippen molar-refractivity contribution in [3.8, 4) is 11.5 Å². The maximum absolute atomic E-state index is 14.8. The minimum atomic E-state index is -6.64. The molecule has 1 amide bonds. The van der Waals surface area contributed by atoms with E-state index in [0.29, 0.717) is 23.7 Å². The summed E-state index contributed by atoms with van der Waals surface area (Å²) in [5, 5.41) is 3.91. The number of carbonyl (C=O) groups is 1. The minimum Gasteiger partial charge on any atom is -0.457 e. The molecule has 1 heterocycles. The van der Waals surface area contributed by atoms with Crippen LogP contribution in [0.2, 0.25) is 0 Å². The fourth-order valence-corrected chi connectivity index (χ4v) is 5.38. The number of carbonyl (C=O) groups excluding carboxylic acids is 1. The van der Waals surface area contributed by atoms with Crippen molar-refractivity contribution in [1.82, 2.24) is 10.2 Å². The highest BCUT2D eigenvalue weighted by Gasteiger charge is 2.76. The van der Waals surface area contributed by atoms with Crippen LogP contribution in [-0.4, -0.2) is 68.7 Å². The summed E-state index contributed by atoms with van der Waals surface area (Å²) in [6, 6.07) is 12.5. The van der Waals surface area contributed by atoms with Gasteiger partial charge in [0, 0.05) is 24.0 Å². The Morgan fingerprint density at radius 2 is 1.36 bits per heavy atom. The number of hydrogen-bond acceptors (Lipinski definition) is 6. The summed E-state index contributed by atoms with van der Waals surface area (Å²) in [6.07, 6.45) is -5.50. The topological polar surface area (TPSA) is 99.8 Å². The lowest BCUT2D eigenvalue weighted by Gasteiger charge is -2.38. The average Bonchev–Trinajstić information content (AvgIpc) is 2.98. The zero-order valence-corrected chi connectivity index (χ0v) is 25.4.